The van der Waals surface area contributed by atoms with Crippen LogP contribution in [0.5, 0.6) is 0 Å². The molecular formula is C22H48. The van der Waals surface area contributed by atoms with Gasteiger partial charge in [0.2, 0.25) is 0 Å². The minimum absolute atomic E-state index is 1.000. The zero-order valence-electron chi connectivity index (χ0n) is 17.5. The Labute approximate surface area is 144 Å². The number of hydrogen-bond acceptors (Lipinski definition) is 0. The molecule has 0 aromatic rings. The smallest absolute Gasteiger partial charge is 0.0322 e. The Bertz CT molecular complexity index is 174. The number of rotatable bonds is 4. The van der Waals surface area contributed by atoms with Gasteiger partial charge in [-0.1, -0.05) is 105 Å². The highest BCUT2D eigenvalue weighted by molar-refractivity contribution is 4.89. The maximum absolute atomic E-state index is 2.32. The van der Waals surface area contributed by atoms with E-state index in [0.717, 1.165) is 5.92 Å². The maximum atomic E-state index is 2.32. The van der Waals surface area contributed by atoms with Crippen LogP contribution < -0.4 is 0 Å². The second-order valence-electron chi connectivity index (χ2n) is 4.92. The van der Waals surface area contributed by atoms with Gasteiger partial charge in [-0.3, -0.25) is 0 Å². The Hall–Kier alpha value is -0.520. The van der Waals surface area contributed by atoms with Crippen molar-refractivity contribution in [2.24, 2.45) is 5.92 Å². The van der Waals surface area contributed by atoms with Crippen LogP contribution >= 0.6 is 0 Å². The summed E-state index contributed by atoms with van der Waals surface area (Å²) in [6.07, 6.45) is 19.5. The molecule has 0 aromatic heterocycles. The minimum atomic E-state index is 1.000. The summed E-state index contributed by atoms with van der Waals surface area (Å²) in [5, 5.41) is 0. The van der Waals surface area contributed by atoms with Crippen LogP contribution in [0.3, 0.4) is 0 Å². The van der Waals surface area contributed by atoms with Gasteiger partial charge in [-0.2, -0.15) is 0 Å². The zero-order chi connectivity index (χ0) is 18.1. The van der Waals surface area contributed by atoms with Crippen molar-refractivity contribution in [3.63, 3.8) is 0 Å². The molecule has 0 aromatic carbocycles. The number of hydrogen-bond donors (Lipinski definition) is 0. The van der Waals surface area contributed by atoms with Crippen LogP contribution in [0.15, 0.2) is 24.3 Å². The molecule has 0 aliphatic heterocycles. The lowest BCUT2D eigenvalue weighted by atomic mass is 9.92. The Morgan fingerprint density at radius 1 is 0.864 bits per heavy atom. The van der Waals surface area contributed by atoms with Gasteiger partial charge in [0, 0.05) is 0 Å². The summed E-state index contributed by atoms with van der Waals surface area (Å²) in [4.78, 5) is 0. The fraction of sp³-hybridized carbons (Fsp3) is 0.818. The third-order valence-corrected chi connectivity index (χ3v) is 3.15. The van der Waals surface area contributed by atoms with Crippen LogP contribution in [-0.2, 0) is 0 Å². The summed E-state index contributed by atoms with van der Waals surface area (Å²) in [5.41, 5.74) is 0. The van der Waals surface area contributed by atoms with Crippen molar-refractivity contribution in [3.8, 4) is 0 Å². The van der Waals surface area contributed by atoms with Crippen LogP contribution in [0.1, 0.15) is 114 Å². The molecule has 0 nitrogen and oxygen atoms in total. The van der Waals surface area contributed by atoms with E-state index in [2.05, 4.69) is 58.9 Å². The van der Waals surface area contributed by atoms with Gasteiger partial charge in [0.15, 0.2) is 0 Å². The molecule has 136 valence electrons. The molecule has 1 aliphatic carbocycles. The number of unbranched alkanes of at least 4 members (excludes halogenated alkanes) is 2. The van der Waals surface area contributed by atoms with E-state index in [9.17, 15) is 0 Å². The first-order chi connectivity index (χ1) is 10.8. The largest absolute Gasteiger partial charge is 0.0917 e. The van der Waals surface area contributed by atoms with Gasteiger partial charge < -0.3 is 0 Å². The molecule has 22 heavy (non-hydrogen) atoms. The Balaban J connectivity index is -0.000000104. The first-order valence-corrected chi connectivity index (χ1v) is 10.0. The summed E-state index contributed by atoms with van der Waals surface area (Å²) in [5.74, 6) is 1.000. The molecule has 1 unspecified atom stereocenters. The summed E-state index contributed by atoms with van der Waals surface area (Å²) >= 11 is 0. The molecule has 1 rings (SSSR count). The van der Waals surface area contributed by atoms with Crippen LogP contribution in [-0.4, -0.2) is 0 Å². The van der Waals surface area contributed by atoms with Crippen molar-refractivity contribution in [1.82, 2.24) is 0 Å². The van der Waals surface area contributed by atoms with Crippen molar-refractivity contribution in [1.29, 1.82) is 0 Å². The second kappa shape index (κ2) is 37.1. The highest BCUT2D eigenvalue weighted by Gasteiger charge is 2.05. The molecule has 0 radical (unpaired) electrons. The molecule has 0 spiro atoms. The van der Waals surface area contributed by atoms with Crippen LogP contribution in [0.2, 0.25) is 0 Å². The third-order valence-electron chi connectivity index (χ3n) is 3.15. The van der Waals surface area contributed by atoms with Gasteiger partial charge in [0.1, 0.15) is 0 Å². The fourth-order valence-corrected chi connectivity index (χ4v) is 1.56. The van der Waals surface area contributed by atoms with Crippen molar-refractivity contribution in [2.45, 2.75) is 114 Å². The van der Waals surface area contributed by atoms with Gasteiger partial charge in [-0.25, -0.2) is 0 Å². The molecule has 1 atom stereocenters. The average molecular weight is 313 g/mol. The molecule has 0 bridgehead atoms. The summed E-state index contributed by atoms with van der Waals surface area (Å²) in [7, 11) is 0. The Kier molecular flexibility index (Phi) is 49.7. The minimum Gasteiger partial charge on any atom is -0.0917 e. The fourth-order valence-electron chi connectivity index (χ4n) is 1.56. The van der Waals surface area contributed by atoms with Crippen LogP contribution in [0.4, 0.5) is 0 Å². The molecule has 0 saturated carbocycles. The summed E-state index contributed by atoms with van der Waals surface area (Å²) in [6.45, 7) is 18.9. The highest BCUT2D eigenvalue weighted by atomic mass is 14.1. The van der Waals surface area contributed by atoms with Crippen LogP contribution in [0, 0.1) is 5.92 Å². The molecule has 1 aliphatic rings. The highest BCUT2D eigenvalue weighted by Crippen LogP contribution is 2.20. The monoisotopic (exact) mass is 312 g/mol. The van der Waals surface area contributed by atoms with Crippen LogP contribution in [0.25, 0.3) is 0 Å². The molecule has 0 heteroatoms. The van der Waals surface area contributed by atoms with E-state index in [0.29, 0.717) is 0 Å². The van der Waals surface area contributed by atoms with Gasteiger partial charge in [-0.05, 0) is 38.5 Å². The molecule has 0 amide bonds. The standard InChI is InChI=1S/C8H14.C6H12.C4H10.2C2H6/c1-2-8-6-4-3-5-7-8;1-3-5-6-4-2;1-3-4-2;2*1-2/h3-4,8H,2,5-7H2,1H3;3,5H,4,6H2,1-2H3;3-4H2,1-2H3;2*1-2H3/b;5-3-;;;. The van der Waals surface area contributed by atoms with E-state index in [1.54, 1.807) is 0 Å². The van der Waals surface area contributed by atoms with E-state index in [4.69, 9.17) is 0 Å². The molecule has 0 N–H and O–H groups in total. The number of allylic oxidation sites excluding steroid dienone is 4. The lowest BCUT2D eigenvalue weighted by Crippen LogP contribution is -1.99. The topological polar surface area (TPSA) is 0 Å². The third kappa shape index (κ3) is 36.6. The Morgan fingerprint density at radius 2 is 1.41 bits per heavy atom. The van der Waals surface area contributed by atoms with Gasteiger partial charge in [0.25, 0.3) is 0 Å². The normalized spacial score (nSPS) is 15.0. The molecule has 0 saturated heterocycles. The predicted molar refractivity (Wildman–Crippen MR) is 110 cm³/mol. The van der Waals surface area contributed by atoms with E-state index < -0.39 is 0 Å². The van der Waals surface area contributed by atoms with Gasteiger partial charge in [-0.15, -0.1) is 0 Å². The van der Waals surface area contributed by atoms with Gasteiger partial charge in [0.05, 0.1) is 0 Å². The van der Waals surface area contributed by atoms with Gasteiger partial charge >= 0.3 is 0 Å². The lowest BCUT2D eigenvalue weighted by Gasteiger charge is -2.13. The maximum Gasteiger partial charge on any atom is -0.0322 e. The van der Waals surface area contributed by atoms with Crippen molar-refractivity contribution >= 4 is 0 Å². The first-order valence-electron chi connectivity index (χ1n) is 10.0. The summed E-state index contributed by atoms with van der Waals surface area (Å²) in [6, 6.07) is 0. The lowest BCUT2D eigenvalue weighted by molar-refractivity contribution is 0.465. The molecular weight excluding hydrogens is 264 g/mol. The van der Waals surface area contributed by atoms with Crippen molar-refractivity contribution < 1.29 is 0 Å². The average Bonchev–Trinajstić information content (AvgIpc) is 2.64. The SMILES string of the molecule is C/C=C\CCC.CC.CC.CCC1CC=CCC1.CCCC. The second-order valence-corrected chi connectivity index (χ2v) is 4.92. The predicted octanol–water partition coefficient (Wildman–Crippen LogP) is 8.97. The van der Waals surface area contributed by atoms with Crippen molar-refractivity contribution in [3.05, 3.63) is 24.3 Å². The first kappa shape index (κ1) is 29.5. The quantitative estimate of drug-likeness (QED) is 0.454. The van der Waals surface area contributed by atoms with E-state index in [1.165, 1.54) is 51.4 Å². The van der Waals surface area contributed by atoms with E-state index >= 15 is 0 Å². The van der Waals surface area contributed by atoms with E-state index in [-0.39, 0.29) is 0 Å². The zero-order valence-corrected chi connectivity index (χ0v) is 17.5. The Morgan fingerprint density at radius 3 is 1.59 bits per heavy atom. The summed E-state index contributed by atoms with van der Waals surface area (Å²) < 4.78 is 0. The molecule has 0 heterocycles. The van der Waals surface area contributed by atoms with E-state index in [1.807, 2.05) is 27.7 Å². The van der Waals surface area contributed by atoms with Crippen molar-refractivity contribution in [2.75, 3.05) is 0 Å². The molecule has 0 fully saturated rings.